The molecule has 0 spiro atoms. The van der Waals surface area contributed by atoms with Gasteiger partial charge in [-0.3, -0.25) is 57.9 Å². The first kappa shape index (κ1) is 62.0. The molecule has 1 aromatic carbocycles. The highest BCUT2D eigenvalue weighted by atomic mass is 16.3. The molecule has 0 radical (unpaired) electrons. The van der Waals surface area contributed by atoms with E-state index in [1.54, 1.807) is 30.3 Å². The number of aliphatic hydroxyl groups is 1. The van der Waals surface area contributed by atoms with Crippen molar-refractivity contribution < 1.29 is 53.1 Å². The molecule has 20 N–H and O–H groups in total. The SMILES string of the molecule is CC(C)C[C@H](NC(=O)[C@H](Cc1ccccc1)NC(=O)[C@@H]1CCC(=O)N1)C(=O)N[C@@H](CC1CCC(O)CC1)C(=O)N[C@@H](CCCN=C(N)N)C(=O)N1CCC[C@H]1C(=O)N[C@@H](CCCN=C(N)N)C(=O)N[C@@H](CC(N)=O)C(N)=O. The molecular weight excluding hydrogens is 1000 g/mol. The van der Waals surface area contributed by atoms with Crippen LogP contribution in [0, 0.1) is 11.8 Å². The van der Waals surface area contributed by atoms with Crippen molar-refractivity contribution in [2.45, 2.75) is 171 Å². The third-order valence-electron chi connectivity index (χ3n) is 13.6. The second-order valence-electron chi connectivity index (χ2n) is 20.4. The number of hydrogen-bond acceptors (Lipinski definition) is 13. The number of nitrogens with two attached hydrogens (primary N) is 6. The highest BCUT2D eigenvalue weighted by Crippen LogP contribution is 2.28. The largest absolute Gasteiger partial charge is 0.393 e. The minimum absolute atomic E-state index is 0.0300. The summed E-state index contributed by atoms with van der Waals surface area (Å²) in [5, 5.41) is 29.2. The number of carbonyl (C=O) groups excluding carboxylic acids is 10. The van der Waals surface area contributed by atoms with Crippen LogP contribution in [-0.4, -0.2) is 155 Å². The van der Waals surface area contributed by atoms with E-state index in [2.05, 4.69) is 47.2 Å². The van der Waals surface area contributed by atoms with Gasteiger partial charge in [0.05, 0.1) is 12.5 Å². The van der Waals surface area contributed by atoms with Gasteiger partial charge in [-0.1, -0.05) is 44.2 Å². The molecule has 2 heterocycles. The minimum Gasteiger partial charge on any atom is -0.393 e. The van der Waals surface area contributed by atoms with Gasteiger partial charge in [-0.15, -0.1) is 0 Å². The van der Waals surface area contributed by atoms with Crippen LogP contribution < -0.4 is 71.6 Å². The van der Waals surface area contributed by atoms with E-state index in [1.165, 1.54) is 4.90 Å². The van der Waals surface area contributed by atoms with Crippen molar-refractivity contribution in [1.29, 1.82) is 0 Å². The number of benzene rings is 1. The highest BCUT2D eigenvalue weighted by molar-refractivity contribution is 5.99. The lowest BCUT2D eigenvalue weighted by Gasteiger charge is -2.33. The van der Waals surface area contributed by atoms with E-state index >= 15 is 0 Å². The van der Waals surface area contributed by atoms with Crippen LogP contribution >= 0.6 is 0 Å². The number of carbonyl (C=O) groups is 10. The summed E-state index contributed by atoms with van der Waals surface area (Å²) < 4.78 is 0. The fourth-order valence-corrected chi connectivity index (χ4v) is 9.61. The van der Waals surface area contributed by atoms with Gasteiger partial charge in [0.1, 0.15) is 48.3 Å². The Kier molecular flexibility index (Phi) is 24.8. The van der Waals surface area contributed by atoms with Crippen molar-refractivity contribution in [3.8, 4) is 0 Å². The Morgan fingerprint density at radius 2 is 1.21 bits per heavy atom. The number of rotatable bonds is 30. The van der Waals surface area contributed by atoms with Gasteiger partial charge in [-0.05, 0) is 101 Å². The van der Waals surface area contributed by atoms with Crippen LogP contribution in [0.4, 0.5) is 0 Å². The predicted molar refractivity (Wildman–Crippen MR) is 282 cm³/mol. The van der Waals surface area contributed by atoms with E-state index in [0.29, 0.717) is 37.7 Å². The van der Waals surface area contributed by atoms with Gasteiger partial charge in [0.25, 0.3) is 0 Å². The Bertz CT molecular complexity index is 2290. The van der Waals surface area contributed by atoms with Crippen molar-refractivity contribution in [1.82, 2.24) is 42.1 Å². The number of primary amides is 2. The number of amides is 10. The molecule has 27 heteroatoms. The predicted octanol–water partition coefficient (Wildman–Crippen LogP) is -4.14. The summed E-state index contributed by atoms with van der Waals surface area (Å²) in [6.45, 7) is 3.88. The maximum Gasteiger partial charge on any atom is 0.245 e. The van der Waals surface area contributed by atoms with Crippen molar-refractivity contribution >= 4 is 71.0 Å². The number of aliphatic hydroxyl groups excluding tert-OH is 1. The molecule has 2 saturated heterocycles. The highest BCUT2D eigenvalue weighted by Gasteiger charge is 2.41. The summed E-state index contributed by atoms with van der Waals surface area (Å²) in [7, 11) is 0. The van der Waals surface area contributed by atoms with E-state index in [-0.39, 0.29) is 114 Å². The maximum absolute atomic E-state index is 14.8. The molecule has 3 aliphatic rings. The molecule has 4 rings (SSSR count). The monoisotopic (exact) mass is 1080 g/mol. The van der Waals surface area contributed by atoms with Crippen LogP contribution in [0.15, 0.2) is 40.3 Å². The molecule has 10 amide bonds. The van der Waals surface area contributed by atoms with E-state index in [0.717, 1.165) is 0 Å². The van der Waals surface area contributed by atoms with Gasteiger partial charge in [-0.25, -0.2) is 0 Å². The molecule has 8 atom stereocenters. The number of guanidine groups is 2. The lowest BCUT2D eigenvalue weighted by molar-refractivity contribution is -0.143. The van der Waals surface area contributed by atoms with Crippen molar-refractivity contribution in [2.75, 3.05) is 19.6 Å². The van der Waals surface area contributed by atoms with Crippen LogP contribution in [0.25, 0.3) is 0 Å². The smallest absolute Gasteiger partial charge is 0.245 e. The van der Waals surface area contributed by atoms with E-state index in [9.17, 15) is 53.1 Å². The molecule has 1 saturated carbocycles. The third kappa shape index (κ3) is 21.2. The zero-order valence-corrected chi connectivity index (χ0v) is 44.0. The van der Waals surface area contributed by atoms with Gasteiger partial charge in [0.15, 0.2) is 11.9 Å². The first-order valence-corrected chi connectivity index (χ1v) is 26.3. The van der Waals surface area contributed by atoms with Crippen LogP contribution in [0.3, 0.4) is 0 Å². The lowest BCUT2D eigenvalue weighted by Crippen LogP contribution is -2.60. The molecule has 1 aromatic rings. The molecular formula is C50H80N16O11. The average molecular weight is 1080 g/mol. The Morgan fingerprint density at radius 1 is 0.662 bits per heavy atom. The summed E-state index contributed by atoms with van der Waals surface area (Å²) in [6.07, 6.45) is 2.27. The van der Waals surface area contributed by atoms with E-state index in [4.69, 9.17) is 34.4 Å². The molecule has 0 unspecified atom stereocenters. The Hall–Kier alpha value is -7.58. The molecule has 2 aliphatic heterocycles. The number of nitrogens with one attached hydrogen (secondary N) is 7. The van der Waals surface area contributed by atoms with Gasteiger partial charge in [0, 0.05) is 32.5 Å². The number of aliphatic imine (C=N–C) groups is 2. The van der Waals surface area contributed by atoms with Crippen LogP contribution in [0.1, 0.15) is 116 Å². The molecule has 0 aromatic heterocycles. The Morgan fingerprint density at radius 3 is 1.78 bits per heavy atom. The van der Waals surface area contributed by atoms with Gasteiger partial charge < -0.3 is 81.6 Å². The number of nitrogens with zero attached hydrogens (tertiary/aromatic N) is 3. The molecule has 27 nitrogen and oxygen atoms in total. The zero-order chi connectivity index (χ0) is 56.8. The van der Waals surface area contributed by atoms with E-state index < -0.39 is 114 Å². The second kappa shape index (κ2) is 30.8. The molecule has 3 fully saturated rings. The fraction of sp³-hybridized carbons (Fsp3) is 0.640. The second-order valence-corrected chi connectivity index (χ2v) is 20.4. The average Bonchev–Trinajstić information content (AvgIpc) is 4.05. The quantitative estimate of drug-likeness (QED) is 0.0198. The summed E-state index contributed by atoms with van der Waals surface area (Å²) in [5.41, 5.74) is 33.5. The Labute approximate surface area is 447 Å². The number of likely N-dealkylation sites (tertiary alicyclic amines) is 1. The van der Waals surface area contributed by atoms with Crippen LogP contribution in [0.2, 0.25) is 0 Å². The Balaban J connectivity index is 1.61. The number of hydrogen-bond donors (Lipinski definition) is 14. The van der Waals surface area contributed by atoms with Crippen molar-refractivity contribution in [2.24, 2.45) is 56.2 Å². The van der Waals surface area contributed by atoms with Gasteiger partial charge in [0.2, 0.25) is 59.1 Å². The van der Waals surface area contributed by atoms with Gasteiger partial charge >= 0.3 is 0 Å². The van der Waals surface area contributed by atoms with Crippen LogP contribution in [-0.2, 0) is 54.4 Å². The molecule has 77 heavy (non-hydrogen) atoms. The first-order valence-electron chi connectivity index (χ1n) is 26.3. The standard InChI is InChI=1S/C50H80N16O11/c1-27(2)23-35(63-46(75)36(24-28-9-4-3-5-10-28)64-43(72)32-18-19-40(69)59-32)44(73)65-37(25-29-14-16-30(67)17-15-29)45(74)61-33(12-7-21-58-50(55)56)48(77)66-22-8-13-38(66)47(76)60-31(11-6-20-57-49(53)54)42(71)62-34(41(52)70)26-39(51)68/h3-5,9-10,27,29-38,67H,6-8,11-26H2,1-2H3,(H2,51,68)(H2,52,70)(H,59,69)(H,60,76)(H,61,74)(H,62,71)(H,63,75)(H,64,72)(H,65,73)(H4,53,54,57)(H4,55,56,58)/t29?,30?,31-,32-,33-,34-,35-,36-,37-,38-/m0/s1. The van der Waals surface area contributed by atoms with Gasteiger partial charge in [-0.2, -0.15) is 0 Å². The first-order chi connectivity index (χ1) is 36.5. The summed E-state index contributed by atoms with van der Waals surface area (Å²) in [4.78, 5) is 144. The normalized spacial score (nSPS) is 20.4. The summed E-state index contributed by atoms with van der Waals surface area (Å²) in [5.74, 6) is -7.96. The molecule has 426 valence electrons. The van der Waals surface area contributed by atoms with Crippen molar-refractivity contribution in [3.63, 3.8) is 0 Å². The van der Waals surface area contributed by atoms with Crippen LogP contribution in [0.5, 0.6) is 0 Å². The molecule has 1 aliphatic carbocycles. The fourth-order valence-electron chi connectivity index (χ4n) is 9.61. The molecule has 0 bridgehead atoms. The summed E-state index contributed by atoms with van der Waals surface area (Å²) in [6, 6.07) is -0.855. The van der Waals surface area contributed by atoms with E-state index in [1.807, 2.05) is 13.8 Å². The topological polar surface area (TPSA) is 459 Å². The minimum atomic E-state index is -1.49. The lowest BCUT2D eigenvalue weighted by atomic mass is 9.83. The summed E-state index contributed by atoms with van der Waals surface area (Å²) >= 11 is 0. The third-order valence-corrected chi connectivity index (χ3v) is 13.6. The zero-order valence-electron chi connectivity index (χ0n) is 44.0. The maximum atomic E-state index is 14.8. The van der Waals surface area contributed by atoms with Crippen molar-refractivity contribution in [3.05, 3.63) is 35.9 Å².